The number of carbonyl (C=O) groups excluding carboxylic acids is 1. The Balaban J connectivity index is 1.92. The van der Waals surface area contributed by atoms with Crippen LogP contribution in [0.5, 0.6) is 0 Å². The van der Waals surface area contributed by atoms with Crippen molar-refractivity contribution in [2.45, 2.75) is 45.4 Å². The van der Waals surface area contributed by atoms with Gasteiger partial charge in [-0.3, -0.25) is 4.79 Å². The molecule has 0 N–H and O–H groups in total. The lowest BCUT2D eigenvalue weighted by atomic mass is 9.78. The summed E-state index contributed by atoms with van der Waals surface area (Å²) in [4.78, 5) is 12.1. The van der Waals surface area contributed by atoms with Crippen molar-refractivity contribution < 1.29 is 13.6 Å². The highest BCUT2D eigenvalue weighted by Crippen LogP contribution is 2.31. The van der Waals surface area contributed by atoms with E-state index in [2.05, 4.69) is 6.92 Å². The highest BCUT2D eigenvalue weighted by molar-refractivity contribution is 5.83. The van der Waals surface area contributed by atoms with Crippen molar-refractivity contribution in [2.75, 3.05) is 0 Å². The van der Waals surface area contributed by atoms with Gasteiger partial charge in [0.2, 0.25) is 0 Å². The average molecular weight is 266 g/mol. The Labute approximate surface area is 113 Å². The third kappa shape index (κ3) is 3.62. The summed E-state index contributed by atoms with van der Waals surface area (Å²) in [5.74, 6) is -0.705. The van der Waals surface area contributed by atoms with Gasteiger partial charge in [-0.15, -0.1) is 0 Å². The smallest absolute Gasteiger partial charge is 0.159 e. The minimum absolute atomic E-state index is 0.107. The van der Waals surface area contributed by atoms with Crippen LogP contribution in [0, 0.1) is 23.5 Å². The van der Waals surface area contributed by atoms with E-state index in [9.17, 15) is 13.6 Å². The summed E-state index contributed by atoms with van der Waals surface area (Å²) in [6.07, 6.45) is 5.53. The van der Waals surface area contributed by atoms with Gasteiger partial charge in [0.15, 0.2) is 11.6 Å². The Morgan fingerprint density at radius 1 is 1.16 bits per heavy atom. The molecule has 0 spiro atoms. The first-order valence-electron chi connectivity index (χ1n) is 7.06. The summed E-state index contributed by atoms with van der Waals surface area (Å²) < 4.78 is 25.9. The van der Waals surface area contributed by atoms with E-state index in [1.807, 2.05) is 0 Å². The summed E-state index contributed by atoms with van der Waals surface area (Å²) in [5.41, 5.74) is 0.571. The second-order valence-corrected chi connectivity index (χ2v) is 5.52. The molecule has 1 nitrogen and oxygen atoms in total. The molecule has 0 bridgehead atoms. The summed E-state index contributed by atoms with van der Waals surface area (Å²) in [6.45, 7) is 2.19. The van der Waals surface area contributed by atoms with Crippen LogP contribution in [0.2, 0.25) is 0 Å². The molecule has 0 saturated heterocycles. The van der Waals surface area contributed by atoms with E-state index in [0.29, 0.717) is 5.56 Å². The number of Topliss-reactive ketones (excluding diaryl/α,β-unsaturated/α-hetero) is 1. The quantitative estimate of drug-likeness (QED) is 0.794. The molecule has 19 heavy (non-hydrogen) atoms. The molecule has 1 fully saturated rings. The topological polar surface area (TPSA) is 17.1 Å². The van der Waals surface area contributed by atoms with E-state index >= 15 is 0 Å². The van der Waals surface area contributed by atoms with Gasteiger partial charge in [-0.2, -0.15) is 0 Å². The molecule has 0 radical (unpaired) electrons. The molecule has 0 aromatic heterocycles. The molecule has 0 atom stereocenters. The fraction of sp³-hybridized carbons (Fsp3) is 0.562. The van der Waals surface area contributed by atoms with Crippen LogP contribution < -0.4 is 0 Å². The number of carbonyl (C=O) groups is 1. The predicted molar refractivity (Wildman–Crippen MR) is 70.8 cm³/mol. The van der Waals surface area contributed by atoms with Crippen LogP contribution in [0.15, 0.2) is 18.2 Å². The zero-order valence-corrected chi connectivity index (χ0v) is 11.3. The monoisotopic (exact) mass is 266 g/mol. The molecule has 1 saturated carbocycles. The first kappa shape index (κ1) is 14.2. The fourth-order valence-corrected chi connectivity index (χ4v) is 2.89. The van der Waals surface area contributed by atoms with Gasteiger partial charge in [0.05, 0.1) is 0 Å². The van der Waals surface area contributed by atoms with Crippen molar-refractivity contribution in [3.05, 3.63) is 35.4 Å². The zero-order valence-electron chi connectivity index (χ0n) is 11.3. The van der Waals surface area contributed by atoms with Crippen molar-refractivity contribution in [2.24, 2.45) is 11.8 Å². The molecule has 0 amide bonds. The van der Waals surface area contributed by atoms with E-state index in [1.165, 1.54) is 12.5 Å². The second kappa shape index (κ2) is 6.27. The van der Waals surface area contributed by atoms with Crippen molar-refractivity contribution in [1.82, 2.24) is 0 Å². The number of hydrogen-bond donors (Lipinski definition) is 0. The maximum atomic E-state index is 13.1. The number of rotatable bonds is 4. The van der Waals surface area contributed by atoms with Crippen LogP contribution in [0.25, 0.3) is 0 Å². The van der Waals surface area contributed by atoms with E-state index < -0.39 is 11.6 Å². The van der Waals surface area contributed by atoms with E-state index in [0.717, 1.165) is 43.7 Å². The summed E-state index contributed by atoms with van der Waals surface area (Å²) >= 11 is 0. The summed E-state index contributed by atoms with van der Waals surface area (Å²) in [7, 11) is 0. The Hall–Kier alpha value is -1.25. The minimum Gasteiger partial charge on any atom is -0.299 e. The van der Waals surface area contributed by atoms with Gasteiger partial charge in [-0.25, -0.2) is 8.78 Å². The standard InChI is InChI=1S/C16H20F2O/c1-2-11-3-6-13(7-4-11)16(19)10-12-5-8-14(17)15(18)9-12/h5,8-9,11,13H,2-4,6-7,10H2,1H3. The maximum Gasteiger partial charge on any atom is 0.159 e. The SMILES string of the molecule is CCC1CCC(C(=O)Cc2ccc(F)c(F)c2)CC1. The third-order valence-electron chi connectivity index (χ3n) is 4.24. The number of benzene rings is 1. The molecule has 0 aliphatic heterocycles. The highest BCUT2D eigenvalue weighted by Gasteiger charge is 2.25. The van der Waals surface area contributed by atoms with Crippen LogP contribution in [0.3, 0.4) is 0 Å². The highest BCUT2D eigenvalue weighted by atomic mass is 19.2. The molecule has 1 aliphatic rings. The zero-order chi connectivity index (χ0) is 13.8. The third-order valence-corrected chi connectivity index (χ3v) is 4.24. The molecule has 3 heteroatoms. The van der Waals surface area contributed by atoms with Crippen LogP contribution in [0.4, 0.5) is 8.78 Å². The lowest BCUT2D eigenvalue weighted by Crippen LogP contribution is -2.23. The van der Waals surface area contributed by atoms with Gasteiger partial charge in [-0.1, -0.05) is 19.4 Å². The summed E-state index contributed by atoms with van der Waals surface area (Å²) in [5, 5.41) is 0. The van der Waals surface area contributed by atoms with Crippen molar-refractivity contribution in [1.29, 1.82) is 0 Å². The minimum atomic E-state index is -0.875. The van der Waals surface area contributed by atoms with E-state index in [4.69, 9.17) is 0 Å². The number of ketones is 1. The van der Waals surface area contributed by atoms with Gasteiger partial charge < -0.3 is 0 Å². The largest absolute Gasteiger partial charge is 0.299 e. The fourth-order valence-electron chi connectivity index (χ4n) is 2.89. The summed E-state index contributed by atoms with van der Waals surface area (Å²) in [6, 6.07) is 3.71. The number of hydrogen-bond acceptors (Lipinski definition) is 1. The maximum absolute atomic E-state index is 13.1. The van der Waals surface area contributed by atoms with E-state index in [-0.39, 0.29) is 18.1 Å². The molecule has 1 aliphatic carbocycles. The van der Waals surface area contributed by atoms with Gasteiger partial charge in [-0.05, 0) is 49.3 Å². The molecule has 2 rings (SSSR count). The molecule has 0 unspecified atom stereocenters. The Bertz CT molecular complexity index is 448. The molecule has 1 aromatic carbocycles. The molecule has 0 heterocycles. The Morgan fingerprint density at radius 2 is 1.84 bits per heavy atom. The average Bonchev–Trinajstić information content (AvgIpc) is 2.43. The molecular formula is C16H20F2O. The van der Waals surface area contributed by atoms with Gasteiger partial charge in [0.1, 0.15) is 5.78 Å². The number of halogens is 2. The van der Waals surface area contributed by atoms with Gasteiger partial charge in [0, 0.05) is 12.3 Å². The van der Waals surface area contributed by atoms with Gasteiger partial charge >= 0.3 is 0 Å². The molecule has 104 valence electrons. The van der Waals surface area contributed by atoms with Crippen LogP contribution in [-0.4, -0.2) is 5.78 Å². The van der Waals surface area contributed by atoms with Crippen molar-refractivity contribution in [3.63, 3.8) is 0 Å². The van der Waals surface area contributed by atoms with Crippen LogP contribution >= 0.6 is 0 Å². The molecule has 1 aromatic rings. The van der Waals surface area contributed by atoms with Crippen molar-refractivity contribution in [3.8, 4) is 0 Å². The first-order chi connectivity index (χ1) is 9.10. The van der Waals surface area contributed by atoms with Crippen LogP contribution in [-0.2, 0) is 11.2 Å². The molecular weight excluding hydrogens is 246 g/mol. The lowest BCUT2D eigenvalue weighted by Gasteiger charge is -2.26. The second-order valence-electron chi connectivity index (χ2n) is 5.52. The predicted octanol–water partition coefficient (Wildman–Crippen LogP) is 4.29. The Kier molecular flexibility index (Phi) is 4.67. The van der Waals surface area contributed by atoms with Gasteiger partial charge in [0.25, 0.3) is 0 Å². The first-order valence-corrected chi connectivity index (χ1v) is 7.06. The van der Waals surface area contributed by atoms with E-state index in [1.54, 1.807) is 0 Å². The normalized spacial score (nSPS) is 23.3. The Morgan fingerprint density at radius 3 is 2.42 bits per heavy atom. The lowest BCUT2D eigenvalue weighted by molar-refractivity contribution is -0.123. The van der Waals surface area contributed by atoms with Crippen molar-refractivity contribution >= 4 is 5.78 Å². The van der Waals surface area contributed by atoms with Crippen LogP contribution in [0.1, 0.15) is 44.6 Å².